The van der Waals surface area contributed by atoms with Crippen molar-refractivity contribution >= 4 is 28.2 Å². The van der Waals surface area contributed by atoms with E-state index in [1.54, 1.807) is 32.3 Å². The molecule has 0 aliphatic carbocycles. The quantitative estimate of drug-likeness (QED) is 0.902. The summed E-state index contributed by atoms with van der Waals surface area (Å²) < 4.78 is 0. The van der Waals surface area contributed by atoms with Crippen LogP contribution >= 0.6 is 11.3 Å². The van der Waals surface area contributed by atoms with Gasteiger partial charge >= 0.3 is 0 Å². The molecule has 0 aliphatic heterocycles. The van der Waals surface area contributed by atoms with E-state index < -0.39 is 5.91 Å². The van der Waals surface area contributed by atoms with Gasteiger partial charge in [-0.2, -0.15) is 0 Å². The van der Waals surface area contributed by atoms with Crippen molar-refractivity contribution in [1.82, 2.24) is 4.90 Å². The maximum Gasteiger partial charge on any atom is 0.253 e. The summed E-state index contributed by atoms with van der Waals surface area (Å²) in [6.45, 7) is 0. The SMILES string of the molecule is CN(C)C(=O)c1ccccc1-c1cc(C(N)=O)c(N)s1. The molecule has 6 heteroatoms. The molecule has 1 aromatic heterocycles. The Kier molecular flexibility index (Phi) is 3.76. The Morgan fingerprint density at radius 2 is 1.80 bits per heavy atom. The molecule has 0 bridgehead atoms. The molecule has 0 unspecified atom stereocenters. The third-order valence-corrected chi connectivity index (χ3v) is 3.85. The molecule has 0 saturated carbocycles. The predicted molar refractivity (Wildman–Crippen MR) is 80.7 cm³/mol. The molecule has 104 valence electrons. The van der Waals surface area contributed by atoms with E-state index in [1.165, 1.54) is 16.2 Å². The van der Waals surface area contributed by atoms with Crippen molar-refractivity contribution in [1.29, 1.82) is 0 Å². The Bertz CT molecular complexity index is 677. The van der Waals surface area contributed by atoms with Crippen LogP contribution in [-0.4, -0.2) is 30.8 Å². The average Bonchev–Trinajstić information content (AvgIpc) is 2.80. The summed E-state index contributed by atoms with van der Waals surface area (Å²) in [5.41, 5.74) is 12.7. The molecule has 20 heavy (non-hydrogen) atoms. The van der Waals surface area contributed by atoms with E-state index in [1.807, 2.05) is 12.1 Å². The molecule has 2 amide bonds. The summed E-state index contributed by atoms with van der Waals surface area (Å²) >= 11 is 1.25. The molecule has 1 aromatic carbocycles. The smallest absolute Gasteiger partial charge is 0.253 e. The molecule has 0 saturated heterocycles. The molecule has 2 rings (SSSR count). The Morgan fingerprint density at radius 1 is 1.15 bits per heavy atom. The molecule has 4 N–H and O–H groups in total. The highest BCUT2D eigenvalue weighted by Gasteiger charge is 2.18. The number of benzene rings is 1. The van der Waals surface area contributed by atoms with Gasteiger partial charge in [0.05, 0.1) is 10.6 Å². The van der Waals surface area contributed by atoms with Crippen molar-refractivity contribution < 1.29 is 9.59 Å². The summed E-state index contributed by atoms with van der Waals surface area (Å²) in [5.74, 6) is -0.672. The lowest BCUT2D eigenvalue weighted by molar-refractivity contribution is 0.0828. The molecule has 0 spiro atoms. The van der Waals surface area contributed by atoms with E-state index in [-0.39, 0.29) is 11.5 Å². The van der Waals surface area contributed by atoms with E-state index in [2.05, 4.69) is 0 Å². The van der Waals surface area contributed by atoms with Gasteiger partial charge in [-0.15, -0.1) is 11.3 Å². The summed E-state index contributed by atoms with van der Waals surface area (Å²) in [5, 5.41) is 0.361. The normalized spacial score (nSPS) is 10.3. The Balaban J connectivity index is 2.56. The third kappa shape index (κ3) is 2.50. The summed E-state index contributed by atoms with van der Waals surface area (Å²) in [6.07, 6.45) is 0. The van der Waals surface area contributed by atoms with E-state index in [9.17, 15) is 9.59 Å². The number of carbonyl (C=O) groups is 2. The zero-order chi connectivity index (χ0) is 14.9. The van der Waals surface area contributed by atoms with Gasteiger partial charge in [-0.05, 0) is 12.1 Å². The lowest BCUT2D eigenvalue weighted by Gasteiger charge is -2.13. The standard InChI is InChI=1S/C14H15N3O2S/c1-17(2)14(19)9-6-4-3-5-8(9)11-7-10(12(15)18)13(16)20-11/h3-7H,16H2,1-2H3,(H2,15,18). The zero-order valence-corrected chi connectivity index (χ0v) is 12.0. The fourth-order valence-electron chi connectivity index (χ4n) is 1.86. The minimum Gasteiger partial charge on any atom is -0.390 e. The van der Waals surface area contributed by atoms with Gasteiger partial charge in [0.25, 0.3) is 11.8 Å². The summed E-state index contributed by atoms with van der Waals surface area (Å²) in [6, 6.07) is 8.84. The minimum atomic E-state index is -0.568. The van der Waals surface area contributed by atoms with Crippen LogP contribution in [0.2, 0.25) is 0 Å². The van der Waals surface area contributed by atoms with Crippen LogP contribution in [0.15, 0.2) is 30.3 Å². The third-order valence-electron chi connectivity index (χ3n) is 2.86. The molecular weight excluding hydrogens is 274 g/mol. The van der Waals surface area contributed by atoms with Crippen molar-refractivity contribution in [2.45, 2.75) is 0 Å². The maximum absolute atomic E-state index is 12.2. The van der Waals surface area contributed by atoms with E-state index >= 15 is 0 Å². The van der Waals surface area contributed by atoms with Crippen LogP contribution in [0.4, 0.5) is 5.00 Å². The number of nitrogens with zero attached hydrogens (tertiary/aromatic N) is 1. The molecule has 0 aliphatic rings. The maximum atomic E-state index is 12.2. The highest BCUT2D eigenvalue weighted by Crippen LogP contribution is 2.35. The van der Waals surface area contributed by atoms with Crippen LogP contribution in [0.1, 0.15) is 20.7 Å². The molecule has 1 heterocycles. The number of amides is 2. The average molecular weight is 289 g/mol. The van der Waals surface area contributed by atoms with Crippen molar-refractivity contribution in [2.24, 2.45) is 5.73 Å². The number of nitrogens with two attached hydrogens (primary N) is 2. The second-order valence-corrected chi connectivity index (χ2v) is 5.58. The number of anilines is 1. The first-order valence-electron chi connectivity index (χ1n) is 5.92. The van der Waals surface area contributed by atoms with Crippen LogP contribution in [0.25, 0.3) is 10.4 Å². The van der Waals surface area contributed by atoms with Gasteiger partial charge in [0.2, 0.25) is 0 Å². The highest BCUT2D eigenvalue weighted by molar-refractivity contribution is 7.19. The number of rotatable bonds is 3. The second-order valence-electron chi connectivity index (χ2n) is 4.50. The summed E-state index contributed by atoms with van der Waals surface area (Å²) in [4.78, 5) is 25.7. The first-order chi connectivity index (χ1) is 9.41. The number of thiophene rings is 1. The fraction of sp³-hybridized carbons (Fsp3) is 0.143. The first kappa shape index (κ1) is 14.1. The zero-order valence-electron chi connectivity index (χ0n) is 11.2. The van der Waals surface area contributed by atoms with Crippen LogP contribution in [0.5, 0.6) is 0 Å². The lowest BCUT2D eigenvalue weighted by atomic mass is 10.0. The highest BCUT2D eigenvalue weighted by atomic mass is 32.1. The van der Waals surface area contributed by atoms with Crippen molar-refractivity contribution in [3.63, 3.8) is 0 Å². The van der Waals surface area contributed by atoms with Gasteiger partial charge in [0.1, 0.15) is 0 Å². The Morgan fingerprint density at radius 3 is 2.35 bits per heavy atom. The molecule has 0 radical (unpaired) electrons. The van der Waals surface area contributed by atoms with E-state index in [0.29, 0.717) is 10.6 Å². The molecular formula is C14H15N3O2S. The largest absolute Gasteiger partial charge is 0.390 e. The monoisotopic (exact) mass is 289 g/mol. The number of carbonyl (C=O) groups excluding carboxylic acids is 2. The van der Waals surface area contributed by atoms with Gasteiger partial charge in [-0.25, -0.2) is 0 Å². The van der Waals surface area contributed by atoms with Crippen molar-refractivity contribution in [2.75, 3.05) is 19.8 Å². The number of hydrogen-bond acceptors (Lipinski definition) is 4. The number of nitrogen functional groups attached to an aromatic ring is 1. The van der Waals surface area contributed by atoms with Crippen LogP contribution in [-0.2, 0) is 0 Å². The minimum absolute atomic E-state index is 0.104. The predicted octanol–water partition coefficient (Wildman–Crippen LogP) is 1.80. The van der Waals surface area contributed by atoms with Crippen LogP contribution < -0.4 is 11.5 Å². The topological polar surface area (TPSA) is 89.4 Å². The van der Waals surface area contributed by atoms with Gasteiger partial charge in [0, 0.05) is 30.1 Å². The van der Waals surface area contributed by atoms with Gasteiger partial charge in [0.15, 0.2) is 0 Å². The fourth-order valence-corrected chi connectivity index (χ4v) is 2.83. The number of hydrogen-bond donors (Lipinski definition) is 2. The van der Waals surface area contributed by atoms with E-state index in [0.717, 1.165) is 10.4 Å². The lowest BCUT2D eigenvalue weighted by Crippen LogP contribution is -2.22. The van der Waals surface area contributed by atoms with Crippen LogP contribution in [0.3, 0.4) is 0 Å². The number of primary amides is 1. The molecule has 0 fully saturated rings. The summed E-state index contributed by atoms with van der Waals surface area (Å²) in [7, 11) is 3.38. The van der Waals surface area contributed by atoms with E-state index in [4.69, 9.17) is 11.5 Å². The van der Waals surface area contributed by atoms with Crippen molar-refractivity contribution in [3.8, 4) is 10.4 Å². The first-order valence-corrected chi connectivity index (χ1v) is 6.73. The van der Waals surface area contributed by atoms with Gasteiger partial charge in [-0.1, -0.05) is 18.2 Å². The van der Waals surface area contributed by atoms with Crippen LogP contribution in [0, 0.1) is 0 Å². The second kappa shape index (κ2) is 5.34. The van der Waals surface area contributed by atoms with Gasteiger partial charge < -0.3 is 16.4 Å². The molecule has 5 nitrogen and oxygen atoms in total. The van der Waals surface area contributed by atoms with Crippen molar-refractivity contribution in [3.05, 3.63) is 41.5 Å². The van der Waals surface area contributed by atoms with Gasteiger partial charge in [-0.3, -0.25) is 9.59 Å². The molecule has 2 aromatic rings. The Labute approximate surface area is 120 Å². The Hall–Kier alpha value is -2.34. The molecule has 0 atom stereocenters.